The minimum absolute atomic E-state index is 0.114. The fourth-order valence-corrected chi connectivity index (χ4v) is 5.89. The van der Waals surface area contributed by atoms with Crippen molar-refractivity contribution in [3.8, 4) is 0 Å². The molecule has 1 fully saturated rings. The van der Waals surface area contributed by atoms with E-state index in [1.54, 1.807) is 41.3 Å². The average molecular weight is 480 g/mol. The molecule has 1 atom stereocenters. The monoisotopic (exact) mass is 479 g/mol. The van der Waals surface area contributed by atoms with Crippen molar-refractivity contribution in [1.82, 2.24) is 4.31 Å². The first kappa shape index (κ1) is 22.3. The topological polar surface area (TPSA) is 79.3 Å². The third-order valence-electron chi connectivity index (χ3n) is 4.97. The van der Waals surface area contributed by atoms with Gasteiger partial charge in [0.2, 0.25) is 10.0 Å². The lowest BCUT2D eigenvalue weighted by Gasteiger charge is -2.26. The van der Waals surface area contributed by atoms with Crippen LogP contribution in [0.3, 0.4) is 0 Å². The minimum Gasteiger partial charge on any atom is -0.379 e. The maximum atomic E-state index is 13.4. The number of morpholine rings is 1. The highest BCUT2D eigenvalue weighted by Gasteiger charge is 2.29. The van der Waals surface area contributed by atoms with Crippen molar-refractivity contribution in [3.63, 3.8) is 0 Å². The zero-order valence-electron chi connectivity index (χ0n) is 16.9. The number of benzene rings is 2. The predicted molar refractivity (Wildman–Crippen MR) is 124 cm³/mol. The Morgan fingerprint density at radius 1 is 1.13 bits per heavy atom. The van der Waals surface area contributed by atoms with Gasteiger partial charge in [-0.05, 0) is 55.5 Å². The van der Waals surface area contributed by atoms with E-state index in [1.165, 1.54) is 28.2 Å². The predicted octanol–water partition coefficient (Wildman–Crippen LogP) is 3.50. The summed E-state index contributed by atoms with van der Waals surface area (Å²) >= 11 is 7.53. The number of nitrogens with zero attached hydrogens (tertiary/aromatic N) is 3. The van der Waals surface area contributed by atoms with Crippen LogP contribution < -0.4 is 4.90 Å². The molecule has 0 spiro atoms. The van der Waals surface area contributed by atoms with Crippen LogP contribution in [0, 0.1) is 0 Å². The zero-order chi connectivity index (χ0) is 22.0. The van der Waals surface area contributed by atoms with Gasteiger partial charge in [0.25, 0.3) is 5.91 Å². The second-order valence-electron chi connectivity index (χ2n) is 7.23. The van der Waals surface area contributed by atoms with Crippen molar-refractivity contribution in [2.45, 2.75) is 17.9 Å². The maximum absolute atomic E-state index is 13.4. The summed E-state index contributed by atoms with van der Waals surface area (Å²) < 4.78 is 32.3. The highest BCUT2D eigenvalue weighted by molar-refractivity contribution is 8.14. The zero-order valence-corrected chi connectivity index (χ0v) is 19.3. The Morgan fingerprint density at radius 3 is 2.35 bits per heavy atom. The summed E-state index contributed by atoms with van der Waals surface area (Å²) in [6.07, 6.45) is 0. The number of thioether (sulfide) groups is 1. The molecule has 0 radical (unpaired) electrons. The van der Waals surface area contributed by atoms with Crippen molar-refractivity contribution in [2.24, 2.45) is 4.99 Å². The molecule has 31 heavy (non-hydrogen) atoms. The summed E-state index contributed by atoms with van der Waals surface area (Å²) in [5, 5.41) is 1.19. The molecule has 0 saturated carbocycles. The fraction of sp³-hybridized carbons (Fsp3) is 0.333. The first-order chi connectivity index (χ1) is 14.9. The number of amidine groups is 1. The maximum Gasteiger partial charge on any atom is 0.264 e. The second kappa shape index (κ2) is 9.30. The Kier molecular flexibility index (Phi) is 6.68. The number of sulfonamides is 1. The van der Waals surface area contributed by atoms with Crippen molar-refractivity contribution in [3.05, 3.63) is 59.1 Å². The number of ether oxygens (including phenoxy) is 1. The number of hydrogen-bond donors (Lipinski definition) is 0. The number of amides is 1. The molecule has 1 saturated heterocycles. The van der Waals surface area contributed by atoms with Crippen LogP contribution in [0.5, 0.6) is 0 Å². The average Bonchev–Trinajstić information content (AvgIpc) is 3.21. The molecule has 4 rings (SSSR count). The number of rotatable bonds is 4. The van der Waals surface area contributed by atoms with E-state index in [2.05, 4.69) is 4.99 Å². The van der Waals surface area contributed by atoms with Gasteiger partial charge in [-0.1, -0.05) is 23.4 Å². The van der Waals surface area contributed by atoms with E-state index in [0.717, 1.165) is 5.75 Å². The summed E-state index contributed by atoms with van der Waals surface area (Å²) in [4.78, 5) is 19.7. The van der Waals surface area contributed by atoms with Crippen LogP contribution >= 0.6 is 23.4 Å². The highest BCUT2D eigenvalue weighted by atomic mass is 35.5. The van der Waals surface area contributed by atoms with Gasteiger partial charge >= 0.3 is 0 Å². The van der Waals surface area contributed by atoms with Gasteiger partial charge in [0.1, 0.15) is 0 Å². The molecule has 2 heterocycles. The standard InChI is InChI=1S/C21H22ClN3O4S2/c1-15-14-30-21(23-15)25(18-6-4-17(22)5-7-18)20(26)16-2-8-19(9-3-16)31(27,28)24-10-12-29-13-11-24/h2-9,15H,10-14H2,1H3/t15-/m0/s1. The molecule has 2 aliphatic rings. The quantitative estimate of drug-likeness (QED) is 0.670. The molecule has 10 heteroatoms. The van der Waals surface area contributed by atoms with Crippen LogP contribution in [0.25, 0.3) is 0 Å². The number of carbonyl (C=O) groups excluding carboxylic acids is 1. The summed E-state index contributed by atoms with van der Waals surface area (Å²) in [6.45, 7) is 3.40. The summed E-state index contributed by atoms with van der Waals surface area (Å²) in [5.74, 6) is 0.515. The lowest BCUT2D eigenvalue weighted by molar-refractivity contribution is 0.0730. The van der Waals surface area contributed by atoms with Crippen molar-refractivity contribution >= 4 is 50.1 Å². The van der Waals surface area contributed by atoms with Crippen molar-refractivity contribution < 1.29 is 17.9 Å². The van der Waals surface area contributed by atoms with E-state index < -0.39 is 10.0 Å². The van der Waals surface area contributed by atoms with Gasteiger partial charge in [-0.3, -0.25) is 14.7 Å². The number of carbonyl (C=O) groups is 1. The SMILES string of the molecule is C[C@H]1CSC(N(C(=O)c2ccc(S(=O)(=O)N3CCOCC3)cc2)c2ccc(Cl)cc2)=N1. The minimum atomic E-state index is -3.62. The largest absolute Gasteiger partial charge is 0.379 e. The Bertz CT molecular complexity index is 1080. The molecule has 0 unspecified atom stereocenters. The molecular formula is C21H22ClN3O4S2. The van der Waals surface area contributed by atoms with Crippen LogP contribution in [0.2, 0.25) is 5.02 Å². The molecule has 2 aromatic carbocycles. The fourth-order valence-electron chi connectivity index (χ4n) is 3.32. The molecule has 1 amide bonds. The molecule has 2 aliphatic heterocycles. The highest BCUT2D eigenvalue weighted by Crippen LogP contribution is 2.29. The third-order valence-corrected chi connectivity index (χ3v) is 8.33. The van der Waals surface area contributed by atoms with E-state index >= 15 is 0 Å². The Hall–Kier alpha value is -1.91. The van der Waals surface area contributed by atoms with Crippen molar-refractivity contribution in [2.75, 3.05) is 37.0 Å². The van der Waals surface area contributed by atoms with E-state index in [1.807, 2.05) is 6.92 Å². The van der Waals surface area contributed by atoms with Crippen LogP contribution in [-0.4, -0.2) is 61.9 Å². The van der Waals surface area contributed by atoms with E-state index in [0.29, 0.717) is 47.7 Å². The van der Waals surface area contributed by atoms with Gasteiger partial charge in [0.15, 0.2) is 5.17 Å². The summed E-state index contributed by atoms with van der Waals surface area (Å²) in [5.41, 5.74) is 1.03. The molecule has 0 bridgehead atoms. The number of halogens is 1. The molecule has 0 aliphatic carbocycles. The number of hydrogen-bond acceptors (Lipinski definition) is 6. The molecule has 164 valence electrons. The lowest BCUT2D eigenvalue weighted by atomic mass is 10.2. The van der Waals surface area contributed by atoms with Gasteiger partial charge in [0.05, 0.1) is 29.8 Å². The van der Waals surface area contributed by atoms with Crippen LogP contribution in [0.1, 0.15) is 17.3 Å². The molecule has 0 N–H and O–H groups in total. The summed E-state index contributed by atoms with van der Waals surface area (Å²) in [6, 6.07) is 13.1. The Balaban J connectivity index is 1.63. The Labute approximate surface area is 191 Å². The van der Waals surface area contributed by atoms with E-state index in [4.69, 9.17) is 16.3 Å². The smallest absolute Gasteiger partial charge is 0.264 e. The first-order valence-corrected chi connectivity index (χ1v) is 12.7. The molecule has 0 aromatic heterocycles. The first-order valence-electron chi connectivity index (χ1n) is 9.85. The van der Waals surface area contributed by atoms with Gasteiger partial charge < -0.3 is 4.74 Å². The van der Waals surface area contributed by atoms with Crippen molar-refractivity contribution in [1.29, 1.82) is 0 Å². The number of aliphatic imine (C=N–C) groups is 1. The normalized spacial score (nSPS) is 19.8. The van der Waals surface area contributed by atoms with Crippen LogP contribution in [0.4, 0.5) is 5.69 Å². The van der Waals surface area contributed by atoms with E-state index in [9.17, 15) is 13.2 Å². The third kappa shape index (κ3) is 4.80. The Morgan fingerprint density at radius 2 is 1.77 bits per heavy atom. The van der Waals surface area contributed by atoms with Crippen LogP contribution in [-0.2, 0) is 14.8 Å². The van der Waals surface area contributed by atoms with Gasteiger partial charge in [-0.15, -0.1) is 0 Å². The molecule has 7 nitrogen and oxygen atoms in total. The van der Waals surface area contributed by atoms with E-state index in [-0.39, 0.29) is 16.8 Å². The lowest BCUT2D eigenvalue weighted by Crippen LogP contribution is -2.40. The van der Waals surface area contributed by atoms with Crippen LogP contribution in [0.15, 0.2) is 58.4 Å². The molecular weight excluding hydrogens is 458 g/mol. The second-order valence-corrected chi connectivity index (χ2v) is 10.6. The van der Waals surface area contributed by atoms with Gasteiger partial charge in [-0.25, -0.2) is 8.42 Å². The van der Waals surface area contributed by atoms with Gasteiger partial charge in [0, 0.05) is 29.4 Å². The van der Waals surface area contributed by atoms with Gasteiger partial charge in [-0.2, -0.15) is 4.31 Å². The number of anilines is 1. The summed E-state index contributed by atoms with van der Waals surface area (Å²) in [7, 11) is -3.62. The molecule has 2 aromatic rings.